The Balaban J connectivity index is 2.35. The second-order valence-corrected chi connectivity index (χ2v) is 4.83. The molecule has 0 radical (unpaired) electrons. The third kappa shape index (κ3) is 5.57. The van der Waals surface area contributed by atoms with Gasteiger partial charge in [0.25, 0.3) is 5.69 Å². The van der Waals surface area contributed by atoms with Gasteiger partial charge in [0.2, 0.25) is 0 Å². The van der Waals surface area contributed by atoms with Crippen molar-refractivity contribution in [2.45, 2.75) is 45.6 Å². The fraction of sp³-hybridized carbons (Fsp3) is 0.600. The van der Waals surface area contributed by atoms with Crippen molar-refractivity contribution < 1.29 is 9.66 Å². The lowest BCUT2D eigenvalue weighted by atomic mass is 10.1. The van der Waals surface area contributed by atoms with Crippen LogP contribution in [0, 0.1) is 10.1 Å². The molecule has 0 saturated carbocycles. The number of ether oxygens (including phenoxy) is 1. The van der Waals surface area contributed by atoms with Gasteiger partial charge in [0.1, 0.15) is 5.69 Å². The first kappa shape index (κ1) is 16.4. The number of nitrogens with one attached hydrogen (secondary N) is 1. The Bertz CT molecular complexity index is 422. The van der Waals surface area contributed by atoms with Gasteiger partial charge in [0.15, 0.2) is 0 Å². The lowest BCUT2D eigenvalue weighted by Crippen LogP contribution is -2.00. The summed E-state index contributed by atoms with van der Waals surface area (Å²) in [4.78, 5) is 10.4. The van der Waals surface area contributed by atoms with Crippen molar-refractivity contribution in [1.29, 1.82) is 0 Å². The van der Waals surface area contributed by atoms with Crippen LogP contribution in [-0.4, -0.2) is 18.6 Å². The Labute approximate surface area is 120 Å². The van der Waals surface area contributed by atoms with Gasteiger partial charge in [-0.2, -0.15) is 0 Å². The maximum absolute atomic E-state index is 10.8. The molecule has 112 valence electrons. The molecular weight excluding hydrogens is 256 g/mol. The van der Waals surface area contributed by atoms with Gasteiger partial charge in [-0.1, -0.05) is 32.6 Å². The fourth-order valence-electron chi connectivity index (χ4n) is 2.03. The van der Waals surface area contributed by atoms with Gasteiger partial charge in [0.05, 0.1) is 11.5 Å². The number of benzene rings is 1. The molecule has 0 atom stereocenters. The molecule has 1 aromatic rings. The SMILES string of the molecule is CCCCCCCOCc1ccc([N+](=O)[O-])c(NC)c1. The van der Waals surface area contributed by atoms with E-state index in [2.05, 4.69) is 12.2 Å². The van der Waals surface area contributed by atoms with E-state index < -0.39 is 0 Å². The number of nitrogens with zero attached hydrogens (tertiary/aromatic N) is 1. The average Bonchev–Trinajstić information content (AvgIpc) is 2.45. The van der Waals surface area contributed by atoms with Crippen molar-refractivity contribution in [3.05, 3.63) is 33.9 Å². The Kier molecular flexibility index (Phi) is 7.65. The van der Waals surface area contributed by atoms with Crippen molar-refractivity contribution in [3.63, 3.8) is 0 Å². The number of nitro benzene ring substituents is 1. The van der Waals surface area contributed by atoms with Crippen LogP contribution < -0.4 is 5.32 Å². The van der Waals surface area contributed by atoms with Crippen LogP contribution in [0.3, 0.4) is 0 Å². The highest BCUT2D eigenvalue weighted by molar-refractivity contribution is 5.62. The van der Waals surface area contributed by atoms with Crippen molar-refractivity contribution in [2.24, 2.45) is 0 Å². The summed E-state index contributed by atoms with van der Waals surface area (Å²) in [5.74, 6) is 0. The summed E-state index contributed by atoms with van der Waals surface area (Å²) < 4.78 is 5.60. The molecule has 0 aliphatic carbocycles. The van der Waals surface area contributed by atoms with Crippen LogP contribution in [0.4, 0.5) is 11.4 Å². The van der Waals surface area contributed by atoms with Crippen molar-refractivity contribution >= 4 is 11.4 Å². The van der Waals surface area contributed by atoms with Crippen LogP contribution in [-0.2, 0) is 11.3 Å². The van der Waals surface area contributed by atoms with Gasteiger partial charge in [-0.05, 0) is 24.1 Å². The van der Waals surface area contributed by atoms with E-state index in [-0.39, 0.29) is 10.6 Å². The molecule has 20 heavy (non-hydrogen) atoms. The maximum Gasteiger partial charge on any atom is 0.292 e. The zero-order chi connectivity index (χ0) is 14.8. The minimum absolute atomic E-state index is 0.0933. The van der Waals surface area contributed by atoms with Crippen LogP contribution in [0.2, 0.25) is 0 Å². The molecule has 5 nitrogen and oxygen atoms in total. The summed E-state index contributed by atoms with van der Waals surface area (Å²) in [5, 5.41) is 13.7. The van der Waals surface area contributed by atoms with E-state index in [9.17, 15) is 10.1 Å². The van der Waals surface area contributed by atoms with Gasteiger partial charge in [-0.15, -0.1) is 0 Å². The van der Waals surface area contributed by atoms with Crippen LogP contribution in [0.25, 0.3) is 0 Å². The van der Waals surface area contributed by atoms with E-state index in [0.29, 0.717) is 12.3 Å². The smallest absolute Gasteiger partial charge is 0.292 e. The highest BCUT2D eigenvalue weighted by atomic mass is 16.6. The second kappa shape index (κ2) is 9.31. The minimum Gasteiger partial charge on any atom is -0.383 e. The Morgan fingerprint density at radius 3 is 2.65 bits per heavy atom. The maximum atomic E-state index is 10.8. The summed E-state index contributed by atoms with van der Waals surface area (Å²) in [6.45, 7) is 3.44. The molecule has 0 amide bonds. The molecule has 1 aromatic carbocycles. The third-order valence-electron chi connectivity index (χ3n) is 3.19. The topological polar surface area (TPSA) is 64.4 Å². The van der Waals surface area contributed by atoms with E-state index in [4.69, 9.17) is 4.74 Å². The van der Waals surface area contributed by atoms with Crippen LogP contribution in [0.1, 0.15) is 44.6 Å². The Morgan fingerprint density at radius 1 is 1.25 bits per heavy atom. The van der Waals surface area contributed by atoms with Crippen LogP contribution >= 0.6 is 0 Å². The van der Waals surface area contributed by atoms with E-state index in [1.54, 1.807) is 19.2 Å². The van der Waals surface area contributed by atoms with Gasteiger partial charge in [-0.25, -0.2) is 0 Å². The Morgan fingerprint density at radius 2 is 2.00 bits per heavy atom. The summed E-state index contributed by atoms with van der Waals surface area (Å²) in [5.41, 5.74) is 1.57. The van der Waals surface area contributed by atoms with E-state index in [1.807, 2.05) is 0 Å². The summed E-state index contributed by atoms with van der Waals surface area (Å²) >= 11 is 0. The molecule has 0 saturated heterocycles. The number of anilines is 1. The lowest BCUT2D eigenvalue weighted by Gasteiger charge is -2.07. The van der Waals surface area contributed by atoms with Gasteiger partial charge in [0, 0.05) is 19.7 Å². The molecule has 0 heterocycles. The fourth-order valence-corrected chi connectivity index (χ4v) is 2.03. The molecule has 5 heteroatoms. The molecule has 0 aliphatic rings. The monoisotopic (exact) mass is 280 g/mol. The molecule has 0 aromatic heterocycles. The quantitative estimate of drug-likeness (QED) is 0.398. The van der Waals surface area contributed by atoms with Crippen molar-refractivity contribution in [2.75, 3.05) is 19.0 Å². The molecular formula is C15H24N2O3. The zero-order valence-electron chi connectivity index (χ0n) is 12.4. The predicted molar refractivity (Wildman–Crippen MR) is 81.1 cm³/mol. The average molecular weight is 280 g/mol. The molecule has 0 spiro atoms. The summed E-state index contributed by atoms with van der Waals surface area (Å²) in [7, 11) is 1.68. The number of hydrogen-bond donors (Lipinski definition) is 1. The zero-order valence-corrected chi connectivity index (χ0v) is 12.4. The van der Waals surface area contributed by atoms with E-state index in [0.717, 1.165) is 18.6 Å². The van der Waals surface area contributed by atoms with Gasteiger partial charge in [-0.3, -0.25) is 10.1 Å². The van der Waals surface area contributed by atoms with Crippen LogP contribution in [0.5, 0.6) is 0 Å². The third-order valence-corrected chi connectivity index (χ3v) is 3.19. The van der Waals surface area contributed by atoms with E-state index >= 15 is 0 Å². The predicted octanol–water partition coefficient (Wildman–Crippen LogP) is 4.12. The Hall–Kier alpha value is -1.62. The summed E-state index contributed by atoms with van der Waals surface area (Å²) in [6, 6.07) is 5.04. The first-order chi connectivity index (χ1) is 9.69. The molecule has 1 rings (SSSR count). The molecule has 0 unspecified atom stereocenters. The summed E-state index contributed by atoms with van der Waals surface area (Å²) in [6.07, 6.45) is 6.08. The van der Waals surface area contributed by atoms with Gasteiger partial charge < -0.3 is 10.1 Å². The highest BCUT2D eigenvalue weighted by Crippen LogP contribution is 2.25. The number of unbranched alkanes of at least 4 members (excludes halogenated alkanes) is 4. The largest absolute Gasteiger partial charge is 0.383 e. The van der Waals surface area contributed by atoms with E-state index in [1.165, 1.54) is 31.7 Å². The van der Waals surface area contributed by atoms with Crippen LogP contribution in [0.15, 0.2) is 18.2 Å². The molecule has 1 N–H and O–H groups in total. The van der Waals surface area contributed by atoms with Gasteiger partial charge >= 0.3 is 0 Å². The highest BCUT2D eigenvalue weighted by Gasteiger charge is 2.12. The molecule has 0 fully saturated rings. The van der Waals surface area contributed by atoms with Crippen molar-refractivity contribution in [3.8, 4) is 0 Å². The second-order valence-electron chi connectivity index (χ2n) is 4.83. The number of nitro groups is 1. The van der Waals surface area contributed by atoms with Crippen molar-refractivity contribution in [1.82, 2.24) is 0 Å². The minimum atomic E-state index is -0.385. The molecule has 0 aliphatic heterocycles. The lowest BCUT2D eigenvalue weighted by molar-refractivity contribution is -0.384. The number of rotatable bonds is 10. The normalized spacial score (nSPS) is 10.5. The number of hydrogen-bond acceptors (Lipinski definition) is 4. The molecule has 0 bridgehead atoms. The first-order valence-electron chi connectivity index (χ1n) is 7.21. The standard InChI is InChI=1S/C15H24N2O3/c1-3-4-5-6-7-10-20-12-13-8-9-15(17(18)19)14(11-13)16-2/h8-9,11,16H,3-7,10,12H2,1-2H3. The first-order valence-corrected chi connectivity index (χ1v) is 7.21.